The Morgan fingerprint density at radius 1 is 1.45 bits per heavy atom. The highest BCUT2D eigenvalue weighted by Crippen LogP contribution is 2.35. The Morgan fingerprint density at radius 3 is 2.73 bits per heavy atom. The normalized spacial score (nSPS) is 21.2. The maximum Gasteiger partial charge on any atom is 0.317 e. The van der Waals surface area contributed by atoms with Gasteiger partial charge in [0.15, 0.2) is 5.79 Å². The first-order chi connectivity index (χ1) is 10.6. The van der Waals surface area contributed by atoms with Gasteiger partial charge in [-0.25, -0.2) is 9.78 Å². The minimum atomic E-state index is -0.368. The van der Waals surface area contributed by atoms with E-state index in [1.54, 1.807) is 16.2 Å². The zero-order valence-electron chi connectivity index (χ0n) is 13.1. The fourth-order valence-corrected chi connectivity index (χ4v) is 3.90. The van der Waals surface area contributed by atoms with E-state index in [1.165, 1.54) is 0 Å². The van der Waals surface area contributed by atoms with Gasteiger partial charge in [-0.2, -0.15) is 0 Å². The van der Waals surface area contributed by atoms with E-state index in [1.807, 2.05) is 20.2 Å². The highest BCUT2D eigenvalue weighted by molar-refractivity contribution is 7.11. The molecule has 3 rings (SSSR count). The molecule has 0 aromatic carbocycles. The molecule has 0 unspecified atom stereocenters. The fourth-order valence-electron chi connectivity index (χ4n) is 3.06. The Morgan fingerprint density at radius 2 is 2.14 bits per heavy atom. The van der Waals surface area contributed by atoms with Crippen LogP contribution in [0, 0.1) is 6.92 Å². The number of rotatable bonds is 3. The molecule has 2 heterocycles. The number of amides is 2. The standard InChI is InChI=1S/C15H23N3O3S/c1-11-16-9-13(22-11)10-18(2)14(19)17-12-3-5-15(6-4-12)20-7-8-21-15/h9,12H,3-8,10H2,1-2H3,(H,17,19). The topological polar surface area (TPSA) is 63.7 Å². The lowest BCUT2D eigenvalue weighted by Crippen LogP contribution is -2.47. The van der Waals surface area contributed by atoms with Crippen LogP contribution in [-0.2, 0) is 16.0 Å². The maximum absolute atomic E-state index is 12.3. The van der Waals surface area contributed by atoms with Crippen molar-refractivity contribution in [2.45, 2.75) is 51.0 Å². The molecule has 1 aliphatic heterocycles. The number of carbonyl (C=O) groups is 1. The number of aryl methyl sites for hydroxylation is 1. The Kier molecular flexibility index (Phi) is 4.65. The van der Waals surface area contributed by atoms with Gasteiger partial charge in [-0.15, -0.1) is 11.3 Å². The van der Waals surface area contributed by atoms with Crippen molar-refractivity contribution >= 4 is 17.4 Å². The third-order valence-corrected chi connectivity index (χ3v) is 5.19. The quantitative estimate of drug-likeness (QED) is 0.926. The molecule has 6 nitrogen and oxygen atoms in total. The zero-order valence-corrected chi connectivity index (χ0v) is 13.9. The smallest absolute Gasteiger partial charge is 0.317 e. The molecule has 0 atom stereocenters. The van der Waals surface area contributed by atoms with Crippen molar-refractivity contribution < 1.29 is 14.3 Å². The monoisotopic (exact) mass is 325 g/mol. The van der Waals surface area contributed by atoms with E-state index in [9.17, 15) is 4.79 Å². The van der Waals surface area contributed by atoms with Crippen molar-refractivity contribution in [1.82, 2.24) is 15.2 Å². The molecule has 122 valence electrons. The van der Waals surface area contributed by atoms with E-state index in [0.29, 0.717) is 19.8 Å². The Labute approximate surface area is 134 Å². The van der Waals surface area contributed by atoms with Crippen molar-refractivity contribution in [3.05, 3.63) is 16.1 Å². The first-order valence-electron chi connectivity index (χ1n) is 7.77. The lowest BCUT2D eigenvalue weighted by Gasteiger charge is -2.36. The maximum atomic E-state index is 12.3. The first kappa shape index (κ1) is 15.7. The Balaban J connectivity index is 1.45. The summed E-state index contributed by atoms with van der Waals surface area (Å²) in [4.78, 5) is 19.3. The van der Waals surface area contributed by atoms with E-state index < -0.39 is 0 Å². The largest absolute Gasteiger partial charge is 0.348 e. The molecule has 0 radical (unpaired) electrons. The summed E-state index contributed by atoms with van der Waals surface area (Å²) in [5.41, 5.74) is 0. The number of urea groups is 1. The van der Waals surface area contributed by atoms with Gasteiger partial charge in [-0.05, 0) is 19.8 Å². The summed E-state index contributed by atoms with van der Waals surface area (Å²) in [7, 11) is 1.82. The number of thiazole rings is 1. The van der Waals surface area contributed by atoms with Crippen molar-refractivity contribution in [2.75, 3.05) is 20.3 Å². The number of hydrogen-bond acceptors (Lipinski definition) is 5. The summed E-state index contributed by atoms with van der Waals surface area (Å²) in [6.45, 7) is 3.95. The average molecular weight is 325 g/mol. The Hall–Kier alpha value is -1.18. The van der Waals surface area contributed by atoms with Crippen molar-refractivity contribution in [3.8, 4) is 0 Å². The molecule has 2 fully saturated rings. The van der Waals surface area contributed by atoms with Crippen LogP contribution in [0.15, 0.2) is 6.20 Å². The average Bonchev–Trinajstić information content (AvgIpc) is 3.11. The van der Waals surface area contributed by atoms with Crippen LogP contribution in [0.4, 0.5) is 4.79 Å². The van der Waals surface area contributed by atoms with Crippen LogP contribution >= 0.6 is 11.3 Å². The van der Waals surface area contributed by atoms with Gasteiger partial charge in [0.1, 0.15) is 0 Å². The number of carbonyl (C=O) groups excluding carboxylic acids is 1. The van der Waals surface area contributed by atoms with Crippen LogP contribution in [0.3, 0.4) is 0 Å². The van der Waals surface area contributed by atoms with E-state index in [-0.39, 0.29) is 17.9 Å². The number of nitrogens with zero attached hydrogens (tertiary/aromatic N) is 2. The third kappa shape index (κ3) is 3.59. The highest BCUT2D eigenvalue weighted by atomic mass is 32.1. The predicted molar refractivity (Wildman–Crippen MR) is 83.7 cm³/mol. The summed E-state index contributed by atoms with van der Waals surface area (Å²) in [6, 6.07) is 0.178. The lowest BCUT2D eigenvalue weighted by molar-refractivity contribution is -0.179. The van der Waals surface area contributed by atoms with Gasteiger partial charge in [0.2, 0.25) is 0 Å². The molecule has 1 aromatic rings. The lowest BCUT2D eigenvalue weighted by atomic mass is 9.90. The molecule has 0 bridgehead atoms. The first-order valence-corrected chi connectivity index (χ1v) is 8.59. The van der Waals surface area contributed by atoms with Gasteiger partial charge in [-0.1, -0.05) is 0 Å². The van der Waals surface area contributed by atoms with Crippen molar-refractivity contribution in [2.24, 2.45) is 0 Å². The van der Waals surface area contributed by atoms with Crippen LogP contribution < -0.4 is 5.32 Å². The molecule has 7 heteroatoms. The summed E-state index contributed by atoms with van der Waals surface area (Å²) < 4.78 is 11.4. The van der Waals surface area contributed by atoms with Crippen LogP contribution in [0.1, 0.15) is 35.6 Å². The molecule has 2 aliphatic rings. The van der Waals surface area contributed by atoms with Crippen LogP contribution in [-0.4, -0.2) is 48.0 Å². The van der Waals surface area contributed by atoms with E-state index in [2.05, 4.69) is 10.3 Å². The number of nitrogens with one attached hydrogen (secondary N) is 1. The molecule has 22 heavy (non-hydrogen) atoms. The van der Waals surface area contributed by atoms with Crippen molar-refractivity contribution in [3.63, 3.8) is 0 Å². The van der Waals surface area contributed by atoms with E-state index >= 15 is 0 Å². The van der Waals surface area contributed by atoms with Crippen LogP contribution in [0.2, 0.25) is 0 Å². The second-order valence-corrected chi connectivity index (χ2v) is 7.35. The van der Waals surface area contributed by atoms with Gasteiger partial charge in [0, 0.05) is 37.0 Å². The molecular formula is C15H23N3O3S. The molecule has 1 saturated carbocycles. The minimum Gasteiger partial charge on any atom is -0.348 e. The molecule has 1 saturated heterocycles. The molecule has 1 spiro atoms. The number of hydrogen-bond donors (Lipinski definition) is 1. The number of aromatic nitrogens is 1. The minimum absolute atomic E-state index is 0.0275. The van der Waals surface area contributed by atoms with Crippen LogP contribution in [0.5, 0.6) is 0 Å². The van der Waals surface area contributed by atoms with Crippen molar-refractivity contribution in [1.29, 1.82) is 0 Å². The van der Waals surface area contributed by atoms with E-state index in [0.717, 1.165) is 35.6 Å². The second kappa shape index (κ2) is 6.52. The van der Waals surface area contributed by atoms with Gasteiger partial charge < -0.3 is 19.7 Å². The highest BCUT2D eigenvalue weighted by Gasteiger charge is 2.40. The summed E-state index contributed by atoms with van der Waals surface area (Å²) in [5, 5.41) is 4.14. The van der Waals surface area contributed by atoms with Gasteiger partial charge in [-0.3, -0.25) is 0 Å². The molecular weight excluding hydrogens is 302 g/mol. The summed E-state index contributed by atoms with van der Waals surface area (Å²) >= 11 is 1.63. The molecule has 1 aliphatic carbocycles. The third-order valence-electron chi connectivity index (χ3n) is 4.30. The predicted octanol–water partition coefficient (Wildman–Crippen LogP) is 2.28. The summed E-state index contributed by atoms with van der Waals surface area (Å²) in [6.07, 6.45) is 5.35. The Bertz CT molecular complexity index is 518. The van der Waals surface area contributed by atoms with Gasteiger partial charge >= 0.3 is 6.03 Å². The zero-order chi connectivity index (χ0) is 15.6. The summed E-state index contributed by atoms with van der Waals surface area (Å²) in [5.74, 6) is -0.368. The fraction of sp³-hybridized carbons (Fsp3) is 0.733. The second-order valence-electron chi connectivity index (χ2n) is 6.03. The SMILES string of the molecule is Cc1ncc(CN(C)C(=O)NC2CCC3(CC2)OCCO3)s1. The number of ether oxygens (including phenoxy) is 2. The van der Waals surface area contributed by atoms with Gasteiger partial charge in [0.05, 0.1) is 24.8 Å². The van der Waals surface area contributed by atoms with Crippen LogP contribution in [0.25, 0.3) is 0 Å². The molecule has 1 N–H and O–H groups in total. The van der Waals surface area contributed by atoms with E-state index in [4.69, 9.17) is 9.47 Å². The molecule has 1 aromatic heterocycles. The molecule has 2 amide bonds. The van der Waals surface area contributed by atoms with Gasteiger partial charge in [0.25, 0.3) is 0 Å².